The van der Waals surface area contributed by atoms with E-state index in [4.69, 9.17) is 11.6 Å². The van der Waals surface area contributed by atoms with Gasteiger partial charge in [0, 0.05) is 23.6 Å². The molecule has 1 heterocycles. The summed E-state index contributed by atoms with van der Waals surface area (Å²) in [5, 5.41) is 11.0. The molecule has 0 saturated carbocycles. The summed E-state index contributed by atoms with van der Waals surface area (Å²) in [5.74, 6) is 0.102. The average Bonchev–Trinajstić information content (AvgIpc) is 2.76. The third-order valence-corrected chi connectivity index (χ3v) is 6.00. The second-order valence-electron chi connectivity index (χ2n) is 7.19. The topological polar surface area (TPSA) is 81.3 Å². The van der Waals surface area contributed by atoms with Crippen molar-refractivity contribution in [3.8, 4) is 5.75 Å². The van der Waals surface area contributed by atoms with Gasteiger partial charge in [-0.3, -0.25) is 0 Å². The van der Waals surface area contributed by atoms with E-state index in [0.29, 0.717) is 5.02 Å². The molecule has 7 heteroatoms. The van der Waals surface area contributed by atoms with Gasteiger partial charge in [0.05, 0.1) is 9.92 Å². The van der Waals surface area contributed by atoms with Crippen molar-refractivity contribution in [3.63, 3.8) is 0 Å². The van der Waals surface area contributed by atoms with Crippen LogP contribution in [0.5, 0.6) is 5.75 Å². The summed E-state index contributed by atoms with van der Waals surface area (Å²) in [4.78, 5) is -0.178. The van der Waals surface area contributed by atoms with E-state index in [2.05, 4.69) is 28.8 Å². The number of halogens is 1. The molecule has 32 heavy (non-hydrogen) atoms. The lowest BCUT2D eigenvalue weighted by Crippen LogP contribution is -2.32. The van der Waals surface area contributed by atoms with Gasteiger partial charge in [0.1, 0.15) is 22.9 Å². The van der Waals surface area contributed by atoms with Crippen LogP contribution in [0.25, 0.3) is 23.1 Å². The van der Waals surface area contributed by atoms with Crippen LogP contribution >= 0.6 is 11.6 Å². The number of aromatic nitrogens is 1. The van der Waals surface area contributed by atoms with Gasteiger partial charge in [0.25, 0.3) is 0 Å². The van der Waals surface area contributed by atoms with Gasteiger partial charge in [-0.15, -0.1) is 0 Å². The van der Waals surface area contributed by atoms with Crippen molar-refractivity contribution in [2.75, 3.05) is 0 Å². The molecule has 3 aromatic carbocycles. The molecule has 0 aliphatic carbocycles. The molecule has 4 rings (SSSR count). The summed E-state index contributed by atoms with van der Waals surface area (Å²) in [6.07, 6.45) is 4.02. The van der Waals surface area contributed by atoms with Crippen LogP contribution in [-0.4, -0.2) is 18.1 Å². The number of para-hydroxylation sites is 1. The predicted octanol–water partition coefficient (Wildman–Crippen LogP) is 5.09. The molecule has 0 bridgehead atoms. The van der Waals surface area contributed by atoms with Crippen molar-refractivity contribution in [2.45, 2.75) is 11.8 Å². The van der Waals surface area contributed by atoms with E-state index in [1.165, 1.54) is 23.0 Å². The van der Waals surface area contributed by atoms with Crippen LogP contribution in [0.2, 0.25) is 5.02 Å². The third kappa shape index (κ3) is 5.95. The smallest absolute Gasteiger partial charge is 0.212 e. The maximum atomic E-state index is 10.4. The summed E-state index contributed by atoms with van der Waals surface area (Å²) >= 11 is 5.92. The zero-order valence-electron chi connectivity index (χ0n) is 17.6. The molecule has 0 fully saturated rings. The van der Waals surface area contributed by atoms with Gasteiger partial charge in [-0.25, -0.2) is 8.42 Å². The molecular weight excluding hydrogens is 446 g/mol. The summed E-state index contributed by atoms with van der Waals surface area (Å²) in [6.45, 7) is 1.82. The number of nitrogens with zero attached hydrogens (tertiary/aromatic N) is 1. The Morgan fingerprint density at radius 1 is 0.938 bits per heavy atom. The van der Waals surface area contributed by atoms with Crippen molar-refractivity contribution in [1.29, 1.82) is 0 Å². The molecule has 0 atom stereocenters. The highest BCUT2D eigenvalue weighted by Crippen LogP contribution is 2.24. The number of hydrogen-bond donors (Lipinski definition) is 1. The monoisotopic (exact) mass is 467 g/mol. The van der Waals surface area contributed by atoms with Gasteiger partial charge in [-0.2, -0.15) is 4.57 Å². The second-order valence-corrected chi connectivity index (χ2v) is 8.97. The average molecular weight is 468 g/mol. The molecule has 4 aromatic rings. The zero-order valence-corrected chi connectivity index (χ0v) is 19.1. The first-order valence-corrected chi connectivity index (χ1v) is 11.5. The first-order chi connectivity index (χ1) is 15.1. The number of rotatable bonds is 3. The van der Waals surface area contributed by atoms with E-state index in [1.54, 1.807) is 24.3 Å². The molecule has 5 nitrogen and oxygen atoms in total. The molecular formula is C25H22ClNO4S. The van der Waals surface area contributed by atoms with E-state index in [9.17, 15) is 18.1 Å². The SMILES string of the molecule is C[n+]1c(C=Cc2ccc(O)c(Cl)c2)ccc2ccccc21.Cc1ccc(S(=O)(=O)[O-])cc1. The van der Waals surface area contributed by atoms with E-state index in [0.717, 1.165) is 16.8 Å². The molecule has 0 saturated heterocycles. The highest BCUT2D eigenvalue weighted by molar-refractivity contribution is 7.85. The van der Waals surface area contributed by atoms with Crippen LogP contribution in [0.4, 0.5) is 0 Å². The summed E-state index contributed by atoms with van der Waals surface area (Å²) in [7, 11) is -2.22. The van der Waals surface area contributed by atoms with Crippen LogP contribution < -0.4 is 4.57 Å². The molecule has 0 aliphatic heterocycles. The van der Waals surface area contributed by atoms with Crippen molar-refractivity contribution in [3.05, 3.63) is 101 Å². The minimum Gasteiger partial charge on any atom is -0.744 e. The van der Waals surface area contributed by atoms with Gasteiger partial charge in [0.2, 0.25) is 11.2 Å². The van der Waals surface area contributed by atoms with E-state index >= 15 is 0 Å². The molecule has 1 N–H and O–H groups in total. The number of phenolic OH excluding ortho intramolecular Hbond substituents is 1. The maximum Gasteiger partial charge on any atom is 0.212 e. The van der Waals surface area contributed by atoms with Gasteiger partial charge in [0.15, 0.2) is 0 Å². The number of pyridine rings is 1. The van der Waals surface area contributed by atoms with Gasteiger partial charge < -0.3 is 9.66 Å². The fraction of sp³-hybridized carbons (Fsp3) is 0.0800. The van der Waals surface area contributed by atoms with Crippen LogP contribution in [0.3, 0.4) is 0 Å². The fourth-order valence-corrected chi connectivity index (χ4v) is 3.70. The molecule has 0 unspecified atom stereocenters. The highest BCUT2D eigenvalue weighted by Gasteiger charge is 2.08. The summed E-state index contributed by atoms with van der Waals surface area (Å²) < 4.78 is 33.3. The number of aryl methyl sites for hydroxylation is 2. The van der Waals surface area contributed by atoms with Crippen LogP contribution in [-0.2, 0) is 17.2 Å². The van der Waals surface area contributed by atoms with E-state index < -0.39 is 10.1 Å². The molecule has 0 radical (unpaired) electrons. The largest absolute Gasteiger partial charge is 0.744 e. The Kier molecular flexibility index (Phi) is 7.30. The van der Waals surface area contributed by atoms with Crippen molar-refractivity contribution in [1.82, 2.24) is 0 Å². The zero-order chi connectivity index (χ0) is 23.3. The van der Waals surface area contributed by atoms with E-state index in [-0.39, 0.29) is 10.6 Å². The number of benzene rings is 3. The molecule has 0 amide bonds. The Hall–Kier alpha value is -3.19. The maximum absolute atomic E-state index is 10.4. The minimum atomic E-state index is -4.27. The third-order valence-electron chi connectivity index (χ3n) is 4.85. The van der Waals surface area contributed by atoms with Gasteiger partial charge in [-0.1, -0.05) is 47.5 Å². The number of phenols is 1. The van der Waals surface area contributed by atoms with Crippen LogP contribution in [0.15, 0.2) is 83.8 Å². The summed E-state index contributed by atoms with van der Waals surface area (Å²) in [6, 6.07) is 23.4. The number of hydrogen-bond acceptors (Lipinski definition) is 4. The Morgan fingerprint density at radius 3 is 2.28 bits per heavy atom. The van der Waals surface area contributed by atoms with Crippen LogP contribution in [0, 0.1) is 6.92 Å². The van der Waals surface area contributed by atoms with Crippen molar-refractivity contribution < 1.29 is 22.6 Å². The standard InChI is InChI=1S/C18H14ClNO.C7H8O3S/c1-20-15(10-8-14-4-2-3-5-17(14)20)9-6-13-7-11-18(21)16(19)12-13;1-6-2-4-7(5-3-6)11(8,9)10/h2-12H,1H3;2-5H,1H3,(H,8,9,10). The van der Waals surface area contributed by atoms with E-state index in [1.807, 2.05) is 44.3 Å². The predicted molar refractivity (Wildman–Crippen MR) is 126 cm³/mol. The molecule has 1 aromatic heterocycles. The Bertz CT molecular complexity index is 1380. The molecule has 0 spiro atoms. The fourth-order valence-electron chi connectivity index (χ4n) is 3.04. The minimum absolute atomic E-state index is 0.102. The quantitative estimate of drug-likeness (QED) is 0.336. The highest BCUT2D eigenvalue weighted by atomic mass is 35.5. The number of aromatic hydroxyl groups is 1. The second kappa shape index (κ2) is 9.96. The lowest BCUT2D eigenvalue weighted by atomic mass is 10.1. The number of fused-ring (bicyclic) bond motifs is 1. The van der Waals surface area contributed by atoms with Crippen molar-refractivity contribution in [2.24, 2.45) is 7.05 Å². The Morgan fingerprint density at radius 2 is 1.62 bits per heavy atom. The van der Waals surface area contributed by atoms with Crippen molar-refractivity contribution >= 4 is 44.8 Å². The normalized spacial score (nSPS) is 11.4. The Balaban J connectivity index is 0.000000222. The Labute approximate surface area is 192 Å². The lowest BCUT2D eigenvalue weighted by molar-refractivity contribution is -0.646. The summed E-state index contributed by atoms with van der Waals surface area (Å²) in [5.41, 5.74) is 4.16. The lowest BCUT2D eigenvalue weighted by Gasteiger charge is -2.05. The molecule has 0 aliphatic rings. The van der Waals surface area contributed by atoms with Crippen LogP contribution in [0.1, 0.15) is 16.8 Å². The molecule has 164 valence electrons. The first kappa shape index (κ1) is 23.5. The first-order valence-electron chi connectivity index (χ1n) is 9.72. The van der Waals surface area contributed by atoms with Gasteiger partial charge >= 0.3 is 0 Å². The van der Waals surface area contributed by atoms with Gasteiger partial charge in [-0.05, 0) is 55.0 Å².